The monoisotopic (exact) mass is 414 g/mol. The summed E-state index contributed by atoms with van der Waals surface area (Å²) in [6, 6.07) is 5.63. The van der Waals surface area contributed by atoms with Gasteiger partial charge in [-0.15, -0.1) is 0 Å². The van der Waals surface area contributed by atoms with E-state index in [0.717, 1.165) is 6.92 Å². The van der Waals surface area contributed by atoms with Crippen LogP contribution in [0.4, 0.5) is 22.0 Å². The van der Waals surface area contributed by atoms with Crippen LogP contribution < -0.4 is 4.74 Å². The molecule has 2 aromatic rings. The van der Waals surface area contributed by atoms with E-state index >= 15 is 0 Å². The number of carbonyl (C=O) groups is 2. The average molecular weight is 414 g/mol. The van der Waals surface area contributed by atoms with E-state index in [0.29, 0.717) is 11.8 Å². The molecule has 0 aromatic heterocycles. The summed E-state index contributed by atoms with van der Waals surface area (Å²) < 4.78 is 77.8. The summed E-state index contributed by atoms with van der Waals surface area (Å²) in [5.74, 6) is -11.7. The number of ketones is 1. The highest BCUT2D eigenvalue weighted by molar-refractivity contribution is 6.11. The van der Waals surface area contributed by atoms with E-state index in [1.54, 1.807) is 0 Å². The van der Waals surface area contributed by atoms with E-state index in [1.165, 1.54) is 31.4 Å². The lowest BCUT2D eigenvalue weighted by atomic mass is 9.98. The molecule has 29 heavy (non-hydrogen) atoms. The maximum absolute atomic E-state index is 14.0. The van der Waals surface area contributed by atoms with E-state index in [9.17, 15) is 31.5 Å². The minimum absolute atomic E-state index is 0.0729. The molecular formula is C20H15F5O4. The lowest BCUT2D eigenvalue weighted by Crippen LogP contribution is -2.10. The summed E-state index contributed by atoms with van der Waals surface area (Å²) in [6.45, 7) is 0.775. The van der Waals surface area contributed by atoms with Crippen molar-refractivity contribution < 1.29 is 41.0 Å². The Kier molecular flexibility index (Phi) is 7.08. The van der Waals surface area contributed by atoms with Crippen molar-refractivity contribution in [1.82, 2.24) is 0 Å². The van der Waals surface area contributed by atoms with Crippen molar-refractivity contribution in [3.8, 4) is 5.75 Å². The summed E-state index contributed by atoms with van der Waals surface area (Å²) in [5, 5.41) is 0. The lowest BCUT2D eigenvalue weighted by molar-refractivity contribution is -0.140. The fourth-order valence-electron chi connectivity index (χ4n) is 2.41. The van der Waals surface area contributed by atoms with E-state index in [2.05, 4.69) is 0 Å². The Bertz CT molecular complexity index is 939. The van der Waals surface area contributed by atoms with E-state index < -0.39 is 46.4 Å². The summed E-state index contributed by atoms with van der Waals surface area (Å²) >= 11 is 0. The number of methoxy groups -OCH3 is 1. The quantitative estimate of drug-likeness (QED) is 0.166. The van der Waals surface area contributed by atoms with Gasteiger partial charge < -0.3 is 9.47 Å². The van der Waals surface area contributed by atoms with Crippen LogP contribution in [0.1, 0.15) is 29.3 Å². The summed E-state index contributed by atoms with van der Waals surface area (Å²) in [5.41, 5.74) is -1.51. The zero-order chi connectivity index (χ0) is 21.7. The molecule has 2 rings (SSSR count). The zero-order valence-corrected chi connectivity index (χ0v) is 15.3. The van der Waals surface area contributed by atoms with Crippen LogP contribution in [0.3, 0.4) is 0 Å². The number of benzene rings is 2. The van der Waals surface area contributed by atoms with Crippen molar-refractivity contribution >= 4 is 17.8 Å². The highest BCUT2D eigenvalue weighted by atomic mass is 19.2. The lowest BCUT2D eigenvalue weighted by Gasteiger charge is -2.10. The molecule has 0 fully saturated rings. The maximum Gasteiger partial charge on any atom is 0.302 e. The SMILES string of the molecule is COc1ccc(C(=O)/C(=C/c2c(F)c(F)c(F)c(F)c2F)CCOC(C)=O)cc1. The second-order valence-electron chi connectivity index (χ2n) is 5.80. The molecule has 0 saturated heterocycles. The third-order valence-electron chi connectivity index (χ3n) is 3.88. The van der Waals surface area contributed by atoms with Crippen molar-refractivity contribution in [2.24, 2.45) is 0 Å². The molecule has 9 heteroatoms. The number of hydrogen-bond acceptors (Lipinski definition) is 4. The molecule has 0 radical (unpaired) electrons. The number of carbonyl (C=O) groups excluding carboxylic acids is 2. The molecule has 0 atom stereocenters. The number of halogens is 5. The van der Waals surface area contributed by atoms with Crippen LogP contribution in [-0.2, 0) is 9.53 Å². The zero-order valence-electron chi connectivity index (χ0n) is 15.3. The molecule has 2 aromatic carbocycles. The number of hydrogen-bond donors (Lipinski definition) is 0. The fourth-order valence-corrected chi connectivity index (χ4v) is 2.41. The van der Waals surface area contributed by atoms with Crippen LogP contribution in [0.2, 0.25) is 0 Å². The normalized spacial score (nSPS) is 11.3. The van der Waals surface area contributed by atoms with Crippen LogP contribution >= 0.6 is 0 Å². The van der Waals surface area contributed by atoms with Gasteiger partial charge in [-0.2, -0.15) is 0 Å². The van der Waals surface area contributed by atoms with Gasteiger partial charge in [-0.3, -0.25) is 9.59 Å². The molecule has 4 nitrogen and oxygen atoms in total. The second kappa shape index (κ2) is 9.31. The predicted molar refractivity (Wildman–Crippen MR) is 92.8 cm³/mol. The summed E-state index contributed by atoms with van der Waals surface area (Å²) in [7, 11) is 1.41. The first-order valence-electron chi connectivity index (χ1n) is 8.21. The predicted octanol–water partition coefficient (Wildman–Crippen LogP) is 4.61. The third kappa shape index (κ3) is 4.98. The minimum atomic E-state index is -2.31. The van der Waals surface area contributed by atoms with Gasteiger partial charge in [0.25, 0.3) is 0 Å². The van der Waals surface area contributed by atoms with Gasteiger partial charge in [0.2, 0.25) is 5.82 Å². The topological polar surface area (TPSA) is 52.6 Å². The Morgan fingerprint density at radius 1 is 0.897 bits per heavy atom. The fraction of sp³-hybridized carbons (Fsp3) is 0.200. The van der Waals surface area contributed by atoms with Crippen LogP contribution in [0.5, 0.6) is 5.75 Å². The Labute approximate surface area is 162 Å². The molecule has 0 heterocycles. The van der Waals surface area contributed by atoms with Crippen molar-refractivity contribution in [2.45, 2.75) is 13.3 Å². The molecule has 0 unspecified atom stereocenters. The molecule has 154 valence electrons. The molecule has 0 bridgehead atoms. The van der Waals surface area contributed by atoms with Crippen LogP contribution in [-0.4, -0.2) is 25.5 Å². The highest BCUT2D eigenvalue weighted by Gasteiger charge is 2.26. The Morgan fingerprint density at radius 2 is 1.41 bits per heavy atom. The smallest absolute Gasteiger partial charge is 0.302 e. The third-order valence-corrected chi connectivity index (χ3v) is 3.88. The van der Waals surface area contributed by atoms with Gasteiger partial charge in [-0.25, -0.2) is 22.0 Å². The Morgan fingerprint density at radius 3 is 1.90 bits per heavy atom. The molecule has 0 spiro atoms. The van der Waals surface area contributed by atoms with Gasteiger partial charge in [0.1, 0.15) is 5.75 Å². The van der Waals surface area contributed by atoms with Crippen LogP contribution in [0, 0.1) is 29.1 Å². The van der Waals surface area contributed by atoms with Gasteiger partial charge in [0.15, 0.2) is 29.1 Å². The Hall–Kier alpha value is -3.23. The molecule has 0 aliphatic carbocycles. The van der Waals surface area contributed by atoms with Crippen molar-refractivity contribution in [3.05, 3.63) is 70.1 Å². The summed E-state index contributed by atoms with van der Waals surface area (Å²) in [6.07, 6.45) is 0.246. The van der Waals surface area contributed by atoms with Gasteiger partial charge in [0, 0.05) is 24.5 Å². The molecule has 0 saturated carbocycles. The molecule has 0 amide bonds. The van der Waals surface area contributed by atoms with Crippen molar-refractivity contribution in [3.63, 3.8) is 0 Å². The number of esters is 1. The standard InChI is InChI=1S/C20H15F5O4/c1-10(26)29-8-7-12(20(27)11-3-5-13(28-2)6-4-11)9-14-15(21)17(23)19(25)18(24)16(14)22/h3-6,9H,7-8H2,1-2H3/b12-9+. The summed E-state index contributed by atoms with van der Waals surface area (Å²) in [4.78, 5) is 23.7. The van der Waals surface area contributed by atoms with Crippen LogP contribution in [0.25, 0.3) is 6.08 Å². The molecule has 0 aliphatic rings. The van der Waals surface area contributed by atoms with E-state index in [-0.39, 0.29) is 24.2 Å². The van der Waals surface area contributed by atoms with Crippen molar-refractivity contribution in [2.75, 3.05) is 13.7 Å². The molecular weight excluding hydrogens is 399 g/mol. The number of Topliss-reactive ketones (excluding diaryl/α,β-unsaturated/α-hetero) is 1. The van der Waals surface area contributed by atoms with Crippen molar-refractivity contribution in [1.29, 1.82) is 0 Å². The second-order valence-corrected chi connectivity index (χ2v) is 5.80. The first-order valence-corrected chi connectivity index (χ1v) is 8.21. The minimum Gasteiger partial charge on any atom is -0.497 e. The largest absolute Gasteiger partial charge is 0.497 e. The van der Waals surface area contributed by atoms with E-state index in [4.69, 9.17) is 9.47 Å². The molecule has 0 aliphatic heterocycles. The van der Waals surface area contributed by atoms with Gasteiger partial charge in [0.05, 0.1) is 19.3 Å². The van der Waals surface area contributed by atoms with Gasteiger partial charge in [-0.1, -0.05) is 0 Å². The first-order chi connectivity index (χ1) is 13.7. The van der Waals surface area contributed by atoms with Gasteiger partial charge in [-0.05, 0) is 30.3 Å². The number of rotatable bonds is 7. The van der Waals surface area contributed by atoms with E-state index in [1.807, 2.05) is 0 Å². The first kappa shape index (κ1) is 22.1. The van der Waals surface area contributed by atoms with Crippen LogP contribution in [0.15, 0.2) is 29.8 Å². The highest BCUT2D eigenvalue weighted by Crippen LogP contribution is 2.27. The molecule has 0 N–H and O–H groups in total. The Balaban J connectivity index is 2.52. The maximum atomic E-state index is 14.0. The van der Waals surface area contributed by atoms with Gasteiger partial charge >= 0.3 is 5.97 Å². The average Bonchev–Trinajstić information content (AvgIpc) is 2.72. The number of ether oxygens (including phenoxy) is 2.